The van der Waals surface area contributed by atoms with Crippen molar-refractivity contribution in [1.82, 2.24) is 19.8 Å². The van der Waals surface area contributed by atoms with E-state index in [0.717, 1.165) is 25.5 Å². The van der Waals surface area contributed by atoms with E-state index in [0.29, 0.717) is 6.04 Å². The van der Waals surface area contributed by atoms with Crippen LogP contribution in [-0.2, 0) is 13.6 Å². The molecule has 1 N–H and O–H groups in total. The van der Waals surface area contributed by atoms with Crippen molar-refractivity contribution in [2.24, 2.45) is 7.05 Å². The standard InChI is InChI=1S/C13H26N4/c1-5-14-12(2)7-6-9-16(3)11-13-15-8-10-17(13)4/h8,10,12,14H,5-7,9,11H2,1-4H3. The Bertz CT molecular complexity index is 308. The van der Waals surface area contributed by atoms with Gasteiger partial charge in [0.15, 0.2) is 0 Å². The van der Waals surface area contributed by atoms with E-state index in [9.17, 15) is 0 Å². The van der Waals surface area contributed by atoms with Crippen LogP contribution in [0, 0.1) is 0 Å². The maximum atomic E-state index is 4.34. The fourth-order valence-electron chi connectivity index (χ4n) is 1.99. The summed E-state index contributed by atoms with van der Waals surface area (Å²) in [5, 5.41) is 3.44. The summed E-state index contributed by atoms with van der Waals surface area (Å²) in [5.74, 6) is 1.13. The molecule has 0 aliphatic carbocycles. The summed E-state index contributed by atoms with van der Waals surface area (Å²) in [6.07, 6.45) is 6.32. The molecular formula is C13H26N4. The molecule has 0 spiro atoms. The molecule has 0 aliphatic heterocycles. The van der Waals surface area contributed by atoms with Gasteiger partial charge in [0.25, 0.3) is 0 Å². The molecule has 1 atom stereocenters. The van der Waals surface area contributed by atoms with E-state index in [4.69, 9.17) is 0 Å². The summed E-state index contributed by atoms with van der Waals surface area (Å²) in [4.78, 5) is 6.67. The SMILES string of the molecule is CCNC(C)CCCN(C)Cc1nccn1C. The molecule has 0 aliphatic rings. The Labute approximate surface area is 105 Å². The zero-order valence-corrected chi connectivity index (χ0v) is 11.6. The third-order valence-electron chi connectivity index (χ3n) is 3.06. The number of hydrogen-bond acceptors (Lipinski definition) is 3. The molecule has 0 saturated carbocycles. The van der Waals surface area contributed by atoms with Crippen molar-refractivity contribution < 1.29 is 0 Å². The fourth-order valence-corrected chi connectivity index (χ4v) is 1.99. The number of imidazole rings is 1. The molecule has 0 amide bonds. The highest BCUT2D eigenvalue weighted by atomic mass is 15.1. The summed E-state index contributed by atoms with van der Waals surface area (Å²) in [5.41, 5.74) is 0. The van der Waals surface area contributed by atoms with E-state index >= 15 is 0 Å². The Morgan fingerprint density at radius 2 is 2.29 bits per heavy atom. The van der Waals surface area contributed by atoms with Crippen molar-refractivity contribution in [1.29, 1.82) is 0 Å². The maximum Gasteiger partial charge on any atom is 0.122 e. The fraction of sp³-hybridized carbons (Fsp3) is 0.769. The number of nitrogens with one attached hydrogen (secondary N) is 1. The number of hydrogen-bond donors (Lipinski definition) is 1. The molecule has 4 nitrogen and oxygen atoms in total. The Balaban J connectivity index is 2.17. The normalized spacial score (nSPS) is 13.2. The van der Waals surface area contributed by atoms with E-state index in [-0.39, 0.29) is 0 Å². The second-order valence-corrected chi connectivity index (χ2v) is 4.79. The average Bonchev–Trinajstić information content (AvgIpc) is 2.65. The van der Waals surface area contributed by atoms with Crippen LogP contribution in [-0.4, -0.2) is 40.6 Å². The van der Waals surface area contributed by atoms with Crippen LogP contribution in [0.25, 0.3) is 0 Å². The lowest BCUT2D eigenvalue weighted by molar-refractivity contribution is 0.301. The molecule has 0 radical (unpaired) electrons. The summed E-state index contributed by atoms with van der Waals surface area (Å²) >= 11 is 0. The average molecular weight is 238 g/mol. The van der Waals surface area contributed by atoms with E-state index < -0.39 is 0 Å². The highest BCUT2D eigenvalue weighted by Gasteiger charge is 2.05. The molecule has 0 aromatic carbocycles. The van der Waals surface area contributed by atoms with Crippen molar-refractivity contribution >= 4 is 0 Å². The predicted molar refractivity (Wildman–Crippen MR) is 71.9 cm³/mol. The highest BCUT2D eigenvalue weighted by molar-refractivity contribution is 4.90. The molecule has 1 rings (SSSR count). The van der Waals surface area contributed by atoms with Crippen LogP contribution >= 0.6 is 0 Å². The molecule has 98 valence electrons. The van der Waals surface area contributed by atoms with Crippen LogP contribution in [0.1, 0.15) is 32.5 Å². The lowest BCUT2D eigenvalue weighted by Crippen LogP contribution is -2.27. The zero-order valence-electron chi connectivity index (χ0n) is 11.6. The molecule has 1 aromatic heterocycles. The summed E-state index contributed by atoms with van der Waals surface area (Å²) in [6.45, 7) is 7.53. The minimum absolute atomic E-state index is 0.626. The zero-order chi connectivity index (χ0) is 12.7. The third kappa shape index (κ3) is 5.33. The first-order valence-electron chi connectivity index (χ1n) is 6.51. The Kier molecular flexibility index (Phi) is 6.22. The molecule has 0 saturated heterocycles. The maximum absolute atomic E-state index is 4.34. The van der Waals surface area contributed by atoms with Gasteiger partial charge in [-0.3, -0.25) is 4.90 Å². The quantitative estimate of drug-likeness (QED) is 0.747. The third-order valence-corrected chi connectivity index (χ3v) is 3.06. The number of rotatable bonds is 8. The van der Waals surface area contributed by atoms with E-state index in [1.165, 1.54) is 12.8 Å². The monoisotopic (exact) mass is 238 g/mol. The van der Waals surface area contributed by atoms with Crippen molar-refractivity contribution in [3.8, 4) is 0 Å². The van der Waals surface area contributed by atoms with Crippen molar-refractivity contribution in [3.63, 3.8) is 0 Å². The minimum atomic E-state index is 0.626. The van der Waals surface area contributed by atoms with Crippen molar-refractivity contribution in [3.05, 3.63) is 18.2 Å². The largest absolute Gasteiger partial charge is 0.337 e. The van der Waals surface area contributed by atoms with Gasteiger partial charge in [0.05, 0.1) is 6.54 Å². The Hall–Kier alpha value is -0.870. The lowest BCUT2D eigenvalue weighted by atomic mass is 10.2. The molecule has 0 bridgehead atoms. The summed E-state index contributed by atoms with van der Waals surface area (Å²) in [7, 11) is 4.20. The van der Waals surface area contributed by atoms with Gasteiger partial charge >= 0.3 is 0 Å². The molecule has 1 heterocycles. The molecular weight excluding hydrogens is 212 g/mol. The lowest BCUT2D eigenvalue weighted by Gasteiger charge is -2.18. The topological polar surface area (TPSA) is 33.1 Å². The Morgan fingerprint density at radius 3 is 2.88 bits per heavy atom. The predicted octanol–water partition coefficient (Wildman–Crippen LogP) is 1.63. The first-order valence-corrected chi connectivity index (χ1v) is 6.51. The summed E-state index contributed by atoms with van der Waals surface area (Å²) < 4.78 is 2.08. The summed E-state index contributed by atoms with van der Waals surface area (Å²) in [6, 6.07) is 0.626. The van der Waals surface area contributed by atoms with Gasteiger partial charge in [0.1, 0.15) is 5.82 Å². The Morgan fingerprint density at radius 1 is 1.53 bits per heavy atom. The smallest absolute Gasteiger partial charge is 0.122 e. The highest BCUT2D eigenvalue weighted by Crippen LogP contribution is 2.02. The van der Waals surface area contributed by atoms with Gasteiger partial charge in [-0.1, -0.05) is 6.92 Å². The van der Waals surface area contributed by atoms with Crippen LogP contribution in [0.4, 0.5) is 0 Å². The molecule has 17 heavy (non-hydrogen) atoms. The number of aromatic nitrogens is 2. The van der Waals surface area contributed by atoms with Gasteiger partial charge < -0.3 is 9.88 Å². The molecule has 4 heteroatoms. The first kappa shape index (κ1) is 14.2. The van der Waals surface area contributed by atoms with Crippen molar-refractivity contribution in [2.45, 2.75) is 39.3 Å². The van der Waals surface area contributed by atoms with Crippen molar-refractivity contribution in [2.75, 3.05) is 20.1 Å². The van der Waals surface area contributed by atoms with Gasteiger partial charge in [-0.05, 0) is 39.9 Å². The molecule has 0 fully saturated rings. The van der Waals surface area contributed by atoms with Gasteiger partial charge in [-0.25, -0.2) is 4.98 Å². The minimum Gasteiger partial charge on any atom is -0.337 e. The van der Waals surface area contributed by atoms with Gasteiger partial charge in [0, 0.05) is 25.5 Å². The second kappa shape index (κ2) is 7.45. The van der Waals surface area contributed by atoms with E-state index in [2.05, 4.69) is 40.7 Å². The number of aryl methyl sites for hydroxylation is 1. The van der Waals surface area contributed by atoms with Crippen LogP contribution in [0.3, 0.4) is 0 Å². The number of nitrogens with zero attached hydrogens (tertiary/aromatic N) is 3. The molecule has 1 unspecified atom stereocenters. The second-order valence-electron chi connectivity index (χ2n) is 4.79. The van der Waals surface area contributed by atoms with Gasteiger partial charge in [-0.2, -0.15) is 0 Å². The molecule has 1 aromatic rings. The van der Waals surface area contributed by atoms with Crippen LogP contribution in [0.2, 0.25) is 0 Å². The van der Waals surface area contributed by atoms with Gasteiger partial charge in [0.2, 0.25) is 0 Å². The van der Waals surface area contributed by atoms with Gasteiger partial charge in [-0.15, -0.1) is 0 Å². The van der Waals surface area contributed by atoms with Crippen LogP contribution in [0.15, 0.2) is 12.4 Å². The van der Waals surface area contributed by atoms with E-state index in [1.807, 2.05) is 19.4 Å². The van der Waals surface area contributed by atoms with E-state index in [1.54, 1.807) is 0 Å². The van der Waals surface area contributed by atoms with Crippen LogP contribution in [0.5, 0.6) is 0 Å². The first-order chi connectivity index (χ1) is 8.13. The van der Waals surface area contributed by atoms with Crippen LogP contribution < -0.4 is 5.32 Å².